The molecule has 1 saturated heterocycles. The van der Waals surface area contributed by atoms with Crippen molar-refractivity contribution in [2.45, 2.75) is 37.7 Å². The van der Waals surface area contributed by atoms with E-state index in [1.165, 1.54) is 0 Å². The van der Waals surface area contributed by atoms with Crippen LogP contribution >= 0.6 is 11.6 Å². The molecule has 2 heterocycles. The monoisotopic (exact) mass is 443 g/mol. The Morgan fingerprint density at radius 3 is 2.55 bits per heavy atom. The summed E-state index contributed by atoms with van der Waals surface area (Å²) >= 11 is 5.86. The van der Waals surface area contributed by atoms with Gasteiger partial charge in [0.2, 0.25) is 5.91 Å². The first-order valence-electron chi connectivity index (χ1n) is 10.5. The molecule has 31 heavy (non-hydrogen) atoms. The second-order valence-corrected chi connectivity index (χ2v) is 8.47. The highest BCUT2D eigenvalue weighted by Crippen LogP contribution is 2.40. The van der Waals surface area contributed by atoms with Crippen LogP contribution in [0.4, 0.5) is 0 Å². The number of piperidine rings is 1. The first-order valence-corrected chi connectivity index (χ1v) is 10.9. The minimum absolute atomic E-state index is 0.0688. The highest BCUT2D eigenvalue weighted by atomic mass is 35.5. The van der Waals surface area contributed by atoms with Gasteiger partial charge in [-0.25, -0.2) is 0 Å². The van der Waals surface area contributed by atoms with Crippen LogP contribution in [0.15, 0.2) is 42.5 Å². The molecule has 0 radical (unpaired) electrons. The van der Waals surface area contributed by atoms with Crippen LogP contribution in [-0.4, -0.2) is 49.0 Å². The van der Waals surface area contributed by atoms with Gasteiger partial charge >= 0.3 is 0 Å². The van der Waals surface area contributed by atoms with Gasteiger partial charge in [0.05, 0.1) is 25.7 Å². The number of carbonyl (C=O) groups is 2. The van der Waals surface area contributed by atoms with E-state index in [2.05, 4.69) is 0 Å². The van der Waals surface area contributed by atoms with Crippen molar-refractivity contribution in [2.24, 2.45) is 0 Å². The fraction of sp³-hybridized carbons (Fsp3) is 0.417. The molecule has 0 saturated carbocycles. The highest BCUT2D eigenvalue weighted by molar-refractivity contribution is 6.30. The van der Waals surface area contributed by atoms with Gasteiger partial charge in [-0.2, -0.15) is 0 Å². The van der Waals surface area contributed by atoms with Gasteiger partial charge in [-0.1, -0.05) is 11.6 Å². The normalized spacial score (nSPS) is 17.1. The minimum Gasteiger partial charge on any atom is -0.497 e. The van der Waals surface area contributed by atoms with Crippen molar-refractivity contribution in [1.29, 1.82) is 0 Å². The summed E-state index contributed by atoms with van der Waals surface area (Å²) in [5, 5.41) is 0.664. The Labute approximate surface area is 187 Å². The number of methoxy groups -OCH3 is 1. The first-order chi connectivity index (χ1) is 15.0. The fourth-order valence-electron chi connectivity index (χ4n) is 4.14. The third-order valence-electron chi connectivity index (χ3n) is 5.94. The SMILES string of the molecule is COc1ccc2c(c1)C(=O)CC1(CCN(C(=O)CCCOc3ccc(Cl)cc3)CC1)O2. The van der Waals surface area contributed by atoms with Crippen LogP contribution in [0.3, 0.4) is 0 Å². The number of amides is 1. The molecule has 0 bridgehead atoms. The minimum atomic E-state index is -0.521. The average Bonchev–Trinajstić information content (AvgIpc) is 2.78. The lowest BCUT2D eigenvalue weighted by Gasteiger charge is -2.44. The maximum atomic E-state index is 12.7. The Bertz CT molecular complexity index is 951. The predicted octanol–water partition coefficient (Wildman–Crippen LogP) is 4.53. The van der Waals surface area contributed by atoms with Crippen molar-refractivity contribution in [1.82, 2.24) is 4.90 Å². The number of rotatable bonds is 6. The summed E-state index contributed by atoms with van der Waals surface area (Å²) in [6.07, 6.45) is 2.72. The zero-order valence-corrected chi connectivity index (χ0v) is 18.3. The fourth-order valence-corrected chi connectivity index (χ4v) is 4.27. The van der Waals surface area contributed by atoms with Crippen molar-refractivity contribution in [3.05, 3.63) is 53.1 Å². The molecule has 7 heteroatoms. The molecule has 1 fully saturated rings. The Morgan fingerprint density at radius 1 is 1.13 bits per heavy atom. The van der Waals surface area contributed by atoms with Gasteiger partial charge in [0.25, 0.3) is 0 Å². The first kappa shape index (κ1) is 21.5. The summed E-state index contributed by atoms with van der Waals surface area (Å²) in [5.41, 5.74) is 0.0526. The summed E-state index contributed by atoms with van der Waals surface area (Å²) in [4.78, 5) is 27.2. The number of hydrogen-bond acceptors (Lipinski definition) is 5. The third-order valence-corrected chi connectivity index (χ3v) is 6.19. The number of nitrogens with zero attached hydrogens (tertiary/aromatic N) is 1. The zero-order chi connectivity index (χ0) is 21.8. The van der Waals surface area contributed by atoms with Crippen LogP contribution in [0.1, 0.15) is 42.5 Å². The molecular formula is C24H26ClNO5. The number of ketones is 1. The summed E-state index contributed by atoms with van der Waals surface area (Å²) in [6, 6.07) is 12.5. The Hall–Kier alpha value is -2.73. The molecule has 0 unspecified atom stereocenters. The number of halogens is 1. The van der Waals surface area contributed by atoms with E-state index in [1.807, 2.05) is 17.0 Å². The topological polar surface area (TPSA) is 65.1 Å². The molecule has 0 atom stereocenters. The molecule has 2 aromatic rings. The van der Waals surface area contributed by atoms with Crippen LogP contribution in [0.2, 0.25) is 5.02 Å². The molecule has 1 amide bonds. The Balaban J connectivity index is 1.25. The number of carbonyl (C=O) groups excluding carboxylic acids is 2. The van der Waals surface area contributed by atoms with E-state index in [0.717, 1.165) is 5.75 Å². The standard InChI is InChI=1S/C24H26ClNO5/c1-29-19-8-9-22-20(15-19)21(27)16-24(31-22)10-12-26(13-11-24)23(28)3-2-14-30-18-6-4-17(25)5-7-18/h4-9,15H,2-3,10-14,16H2,1H3. The van der Waals surface area contributed by atoms with Crippen LogP contribution in [0, 0.1) is 0 Å². The van der Waals surface area contributed by atoms with Gasteiger partial charge in [-0.15, -0.1) is 0 Å². The molecule has 0 aliphatic carbocycles. The van der Waals surface area contributed by atoms with Crippen molar-refractivity contribution in [3.8, 4) is 17.2 Å². The summed E-state index contributed by atoms with van der Waals surface area (Å²) in [5.74, 6) is 2.18. The zero-order valence-electron chi connectivity index (χ0n) is 17.6. The number of benzene rings is 2. The summed E-state index contributed by atoms with van der Waals surface area (Å²) in [6.45, 7) is 1.66. The Morgan fingerprint density at radius 2 is 1.84 bits per heavy atom. The maximum Gasteiger partial charge on any atom is 0.222 e. The molecule has 0 N–H and O–H groups in total. The number of fused-ring (bicyclic) bond motifs is 1. The van der Waals surface area contributed by atoms with Crippen LogP contribution in [0.25, 0.3) is 0 Å². The van der Waals surface area contributed by atoms with Gasteiger partial charge in [0.1, 0.15) is 22.8 Å². The van der Waals surface area contributed by atoms with Crippen LogP contribution < -0.4 is 14.2 Å². The number of likely N-dealkylation sites (tertiary alicyclic amines) is 1. The lowest BCUT2D eigenvalue weighted by molar-refractivity contribution is -0.135. The number of ether oxygens (including phenoxy) is 3. The van der Waals surface area contributed by atoms with Crippen LogP contribution in [0.5, 0.6) is 17.2 Å². The van der Waals surface area contributed by atoms with Crippen LogP contribution in [-0.2, 0) is 4.79 Å². The van der Waals surface area contributed by atoms with Crippen molar-refractivity contribution in [3.63, 3.8) is 0 Å². The second-order valence-electron chi connectivity index (χ2n) is 8.03. The molecular weight excluding hydrogens is 418 g/mol. The van der Waals surface area contributed by atoms with E-state index in [1.54, 1.807) is 37.4 Å². The lowest BCUT2D eigenvalue weighted by Crippen LogP contribution is -2.52. The Kier molecular flexibility index (Phi) is 6.37. The highest BCUT2D eigenvalue weighted by Gasteiger charge is 2.43. The largest absolute Gasteiger partial charge is 0.497 e. The molecule has 2 aliphatic rings. The second kappa shape index (κ2) is 9.18. The average molecular weight is 444 g/mol. The number of Topliss-reactive ketones (excluding diaryl/α,β-unsaturated/α-hetero) is 1. The molecule has 6 nitrogen and oxygen atoms in total. The summed E-state index contributed by atoms with van der Waals surface area (Å²) < 4.78 is 17.1. The van der Waals surface area contributed by atoms with Gasteiger partial charge in [-0.3, -0.25) is 9.59 Å². The molecule has 1 spiro atoms. The van der Waals surface area contributed by atoms with Gasteiger partial charge in [-0.05, 0) is 48.9 Å². The smallest absolute Gasteiger partial charge is 0.222 e. The maximum absolute atomic E-state index is 12.7. The van der Waals surface area contributed by atoms with Gasteiger partial charge < -0.3 is 19.1 Å². The van der Waals surface area contributed by atoms with E-state index in [-0.39, 0.29) is 11.7 Å². The molecule has 4 rings (SSSR count). The summed E-state index contributed by atoms with van der Waals surface area (Å²) in [7, 11) is 1.58. The third kappa shape index (κ3) is 4.96. The van der Waals surface area contributed by atoms with Crippen molar-refractivity contribution >= 4 is 23.3 Å². The molecule has 164 valence electrons. The van der Waals surface area contributed by atoms with Crippen molar-refractivity contribution < 1.29 is 23.8 Å². The van der Waals surface area contributed by atoms with E-state index < -0.39 is 5.60 Å². The van der Waals surface area contributed by atoms with E-state index >= 15 is 0 Å². The predicted molar refractivity (Wildman–Crippen MR) is 117 cm³/mol. The molecule has 2 aromatic carbocycles. The van der Waals surface area contributed by atoms with E-state index in [4.69, 9.17) is 25.8 Å². The lowest BCUT2D eigenvalue weighted by atomic mass is 9.82. The van der Waals surface area contributed by atoms with E-state index in [0.29, 0.717) is 73.9 Å². The quantitative estimate of drug-likeness (QED) is 0.613. The molecule has 2 aliphatic heterocycles. The van der Waals surface area contributed by atoms with Crippen molar-refractivity contribution in [2.75, 3.05) is 26.8 Å². The van der Waals surface area contributed by atoms with Gasteiger partial charge in [0.15, 0.2) is 5.78 Å². The number of hydrogen-bond donors (Lipinski definition) is 0. The van der Waals surface area contributed by atoms with Gasteiger partial charge in [0, 0.05) is 37.4 Å². The van der Waals surface area contributed by atoms with E-state index in [9.17, 15) is 9.59 Å². The molecule has 0 aromatic heterocycles.